The molecule has 0 saturated carbocycles. The SMILES string of the molecule is CCCCCCCCCCCCc1c2cc3ccccc3cc2c(CCCCCCCCCCCC)c2cc3ccccc3cc12. The molecule has 246 valence electrons. The maximum absolute atomic E-state index is 2.53. The van der Waals surface area contributed by atoms with E-state index < -0.39 is 0 Å². The molecule has 5 aromatic carbocycles. The van der Waals surface area contributed by atoms with E-state index in [2.05, 4.69) is 86.6 Å². The van der Waals surface area contributed by atoms with E-state index >= 15 is 0 Å². The van der Waals surface area contributed by atoms with Gasteiger partial charge in [0.2, 0.25) is 0 Å². The Bertz CT molecular complexity index is 1400. The van der Waals surface area contributed by atoms with Crippen molar-refractivity contribution < 1.29 is 0 Å². The number of hydrogen-bond acceptors (Lipinski definition) is 0. The molecule has 5 rings (SSSR count). The van der Waals surface area contributed by atoms with Gasteiger partial charge in [-0.15, -0.1) is 0 Å². The molecule has 0 aliphatic carbocycles. The molecule has 0 saturated heterocycles. The van der Waals surface area contributed by atoms with Crippen molar-refractivity contribution >= 4 is 43.1 Å². The number of aryl methyl sites for hydroxylation is 2. The van der Waals surface area contributed by atoms with E-state index in [9.17, 15) is 0 Å². The molecular formula is C46H62. The Morgan fingerprint density at radius 2 is 0.543 bits per heavy atom. The molecule has 0 aliphatic heterocycles. The number of unbranched alkanes of at least 4 members (excludes halogenated alkanes) is 18. The van der Waals surface area contributed by atoms with Crippen molar-refractivity contribution in [2.45, 2.75) is 155 Å². The van der Waals surface area contributed by atoms with Gasteiger partial charge in [-0.05, 0) is 104 Å². The summed E-state index contributed by atoms with van der Waals surface area (Å²) in [7, 11) is 0. The molecule has 0 spiro atoms. The third-order valence-corrected chi connectivity index (χ3v) is 10.6. The van der Waals surface area contributed by atoms with Gasteiger partial charge in [0.05, 0.1) is 0 Å². The molecule has 0 nitrogen and oxygen atoms in total. The van der Waals surface area contributed by atoms with Crippen LogP contribution in [0.4, 0.5) is 0 Å². The fourth-order valence-corrected chi connectivity index (χ4v) is 7.89. The molecule has 5 aromatic rings. The summed E-state index contributed by atoms with van der Waals surface area (Å²) in [5.41, 5.74) is 3.18. The van der Waals surface area contributed by atoms with Crippen LogP contribution in [0.3, 0.4) is 0 Å². The van der Waals surface area contributed by atoms with Crippen molar-refractivity contribution in [2.24, 2.45) is 0 Å². The first-order chi connectivity index (χ1) is 22.8. The Labute approximate surface area is 281 Å². The minimum atomic E-state index is 1.18. The monoisotopic (exact) mass is 614 g/mol. The van der Waals surface area contributed by atoms with E-state index in [0.29, 0.717) is 0 Å². The molecule has 0 N–H and O–H groups in total. The molecule has 0 fully saturated rings. The zero-order valence-corrected chi connectivity index (χ0v) is 29.5. The zero-order chi connectivity index (χ0) is 31.8. The third kappa shape index (κ3) is 9.59. The van der Waals surface area contributed by atoms with E-state index in [0.717, 1.165) is 0 Å². The maximum atomic E-state index is 2.53. The van der Waals surface area contributed by atoms with Gasteiger partial charge in [0, 0.05) is 0 Å². The second kappa shape index (κ2) is 19.1. The first-order valence-corrected chi connectivity index (χ1v) is 19.6. The quantitative estimate of drug-likeness (QED) is 0.0537. The summed E-state index contributed by atoms with van der Waals surface area (Å²) in [4.78, 5) is 0. The summed E-state index contributed by atoms with van der Waals surface area (Å²) < 4.78 is 0. The van der Waals surface area contributed by atoms with Crippen LogP contribution in [0.1, 0.15) is 153 Å². The van der Waals surface area contributed by atoms with Crippen molar-refractivity contribution in [1.82, 2.24) is 0 Å². The molecule has 0 heteroatoms. The fourth-order valence-electron chi connectivity index (χ4n) is 7.89. The smallest absolute Gasteiger partial charge is 0.0136 e. The van der Waals surface area contributed by atoms with Crippen LogP contribution in [0.25, 0.3) is 43.1 Å². The molecule has 0 unspecified atom stereocenters. The fraction of sp³-hybridized carbons (Fsp3) is 0.522. The van der Waals surface area contributed by atoms with Crippen molar-refractivity contribution in [3.63, 3.8) is 0 Å². The normalized spacial score (nSPS) is 11.9. The molecule has 0 atom stereocenters. The predicted octanol–water partition coefficient (Wildman–Crippen LogP) is 15.2. The first-order valence-electron chi connectivity index (χ1n) is 19.6. The Kier molecular flexibility index (Phi) is 14.3. The highest BCUT2D eigenvalue weighted by molar-refractivity contribution is 6.13. The summed E-state index contributed by atoms with van der Waals surface area (Å²) in [6.45, 7) is 4.62. The van der Waals surface area contributed by atoms with E-state index in [1.165, 1.54) is 184 Å². The van der Waals surface area contributed by atoms with Crippen LogP contribution in [0.5, 0.6) is 0 Å². The highest BCUT2D eigenvalue weighted by Crippen LogP contribution is 2.39. The van der Waals surface area contributed by atoms with Gasteiger partial charge in [-0.25, -0.2) is 0 Å². The first kappa shape index (κ1) is 34.5. The predicted molar refractivity (Wildman–Crippen MR) is 208 cm³/mol. The van der Waals surface area contributed by atoms with Crippen molar-refractivity contribution in [3.05, 3.63) is 83.9 Å². The standard InChI is InChI=1S/C46H62/c1-3-5-7-9-11-13-15-17-19-21-31-41-43-33-37-27-23-25-29-39(37)35-45(43)42(32-22-20-18-16-14-12-10-8-6-4-2)46-36-40-30-26-24-28-38(40)34-44(41)46/h23-30,33-36H,3-22,31-32H2,1-2H3. The topological polar surface area (TPSA) is 0 Å². The van der Waals surface area contributed by atoms with Crippen molar-refractivity contribution in [1.29, 1.82) is 0 Å². The third-order valence-electron chi connectivity index (χ3n) is 10.6. The Balaban J connectivity index is 1.36. The zero-order valence-electron chi connectivity index (χ0n) is 29.5. The Morgan fingerprint density at radius 1 is 0.304 bits per heavy atom. The second-order valence-electron chi connectivity index (χ2n) is 14.3. The highest BCUT2D eigenvalue weighted by atomic mass is 14.2. The van der Waals surface area contributed by atoms with Crippen LogP contribution in [0.15, 0.2) is 72.8 Å². The van der Waals surface area contributed by atoms with Crippen LogP contribution in [-0.4, -0.2) is 0 Å². The summed E-state index contributed by atoms with van der Waals surface area (Å²) in [5, 5.41) is 11.6. The average Bonchev–Trinajstić information content (AvgIpc) is 3.09. The number of benzene rings is 5. The number of hydrogen-bond donors (Lipinski definition) is 0. The summed E-state index contributed by atoms with van der Waals surface area (Å²) >= 11 is 0. The molecule has 0 aliphatic rings. The van der Waals surface area contributed by atoms with Gasteiger partial charge in [-0.3, -0.25) is 0 Å². The van der Waals surface area contributed by atoms with Crippen LogP contribution in [0.2, 0.25) is 0 Å². The molecule has 0 radical (unpaired) electrons. The minimum Gasteiger partial charge on any atom is -0.0654 e. The molecule has 0 bridgehead atoms. The summed E-state index contributed by atoms with van der Waals surface area (Å²) in [6.07, 6.45) is 30.1. The Morgan fingerprint density at radius 3 is 0.804 bits per heavy atom. The summed E-state index contributed by atoms with van der Waals surface area (Å²) in [5.74, 6) is 0. The molecule has 0 heterocycles. The molecule has 0 aromatic heterocycles. The summed E-state index contributed by atoms with van der Waals surface area (Å²) in [6, 6.07) is 28.2. The lowest BCUT2D eigenvalue weighted by Gasteiger charge is -2.19. The largest absolute Gasteiger partial charge is 0.0654 e. The van der Waals surface area contributed by atoms with Crippen molar-refractivity contribution in [2.75, 3.05) is 0 Å². The van der Waals surface area contributed by atoms with Gasteiger partial charge in [0.25, 0.3) is 0 Å². The van der Waals surface area contributed by atoms with Gasteiger partial charge in [0.15, 0.2) is 0 Å². The van der Waals surface area contributed by atoms with E-state index in [4.69, 9.17) is 0 Å². The van der Waals surface area contributed by atoms with Crippen LogP contribution in [0, 0.1) is 0 Å². The van der Waals surface area contributed by atoms with E-state index in [1.807, 2.05) is 0 Å². The lowest BCUT2D eigenvalue weighted by molar-refractivity contribution is 0.556. The lowest BCUT2D eigenvalue weighted by Crippen LogP contribution is -1.98. The van der Waals surface area contributed by atoms with Gasteiger partial charge in [-0.1, -0.05) is 178 Å². The highest BCUT2D eigenvalue weighted by Gasteiger charge is 2.16. The van der Waals surface area contributed by atoms with Crippen molar-refractivity contribution in [3.8, 4) is 0 Å². The molecule has 46 heavy (non-hydrogen) atoms. The van der Waals surface area contributed by atoms with Gasteiger partial charge >= 0.3 is 0 Å². The van der Waals surface area contributed by atoms with Crippen LogP contribution >= 0.6 is 0 Å². The minimum absolute atomic E-state index is 1.18. The van der Waals surface area contributed by atoms with Gasteiger partial charge in [-0.2, -0.15) is 0 Å². The average molecular weight is 615 g/mol. The van der Waals surface area contributed by atoms with E-state index in [-0.39, 0.29) is 0 Å². The van der Waals surface area contributed by atoms with Crippen LogP contribution < -0.4 is 0 Å². The Hall–Kier alpha value is -2.86. The molecular weight excluding hydrogens is 553 g/mol. The lowest BCUT2D eigenvalue weighted by atomic mass is 9.85. The van der Waals surface area contributed by atoms with Gasteiger partial charge in [0.1, 0.15) is 0 Å². The van der Waals surface area contributed by atoms with Gasteiger partial charge < -0.3 is 0 Å². The molecule has 0 amide bonds. The second-order valence-corrected chi connectivity index (χ2v) is 14.3. The van der Waals surface area contributed by atoms with Crippen LogP contribution in [-0.2, 0) is 12.8 Å². The number of rotatable bonds is 22. The van der Waals surface area contributed by atoms with E-state index in [1.54, 1.807) is 11.1 Å². The maximum Gasteiger partial charge on any atom is -0.0136 e. The number of fused-ring (bicyclic) bond motifs is 4.